The third-order valence-electron chi connectivity index (χ3n) is 5.77. The highest BCUT2D eigenvalue weighted by Crippen LogP contribution is 2.34. The monoisotopic (exact) mass is 376 g/mol. The van der Waals surface area contributed by atoms with Gasteiger partial charge in [-0.1, -0.05) is 75.2 Å². The highest BCUT2D eigenvalue weighted by molar-refractivity contribution is 6.30. The van der Waals surface area contributed by atoms with Gasteiger partial charge in [0.25, 0.3) is 0 Å². The lowest BCUT2D eigenvalue weighted by Crippen LogP contribution is -2.15. The fourth-order valence-electron chi connectivity index (χ4n) is 4.20. The van der Waals surface area contributed by atoms with E-state index in [1.807, 2.05) is 6.07 Å². The third kappa shape index (κ3) is 4.85. The van der Waals surface area contributed by atoms with Crippen LogP contribution in [0.4, 0.5) is 8.78 Å². The summed E-state index contributed by atoms with van der Waals surface area (Å²) in [5, 5.41) is 0.0550. The van der Waals surface area contributed by atoms with Crippen molar-refractivity contribution in [3.8, 4) is 11.1 Å². The largest absolute Gasteiger partial charge is 0.206 e. The molecule has 0 N–H and O–H groups in total. The van der Waals surface area contributed by atoms with Gasteiger partial charge in [0.05, 0.1) is 5.02 Å². The van der Waals surface area contributed by atoms with Crippen molar-refractivity contribution >= 4 is 11.6 Å². The van der Waals surface area contributed by atoms with Crippen LogP contribution in [0.1, 0.15) is 57.4 Å². The molecule has 3 rings (SSSR count). The number of hydrogen-bond donors (Lipinski definition) is 0. The summed E-state index contributed by atoms with van der Waals surface area (Å²) in [7, 11) is 0. The predicted molar refractivity (Wildman–Crippen MR) is 105 cm³/mol. The van der Waals surface area contributed by atoms with Crippen LogP contribution >= 0.6 is 11.6 Å². The molecule has 1 fully saturated rings. The Hall–Kier alpha value is -1.41. The lowest BCUT2D eigenvalue weighted by molar-refractivity contribution is 0.252. The Morgan fingerprint density at radius 1 is 0.885 bits per heavy atom. The molecule has 0 aliphatic heterocycles. The minimum Gasteiger partial charge on any atom is -0.206 e. The van der Waals surface area contributed by atoms with E-state index >= 15 is 0 Å². The molecule has 0 atom stereocenters. The molecule has 1 saturated carbocycles. The molecule has 140 valence electrons. The first-order valence-corrected chi connectivity index (χ1v) is 10.2. The quantitative estimate of drug-likeness (QED) is 0.482. The van der Waals surface area contributed by atoms with E-state index in [0.29, 0.717) is 11.1 Å². The Morgan fingerprint density at radius 3 is 2.19 bits per heavy atom. The van der Waals surface area contributed by atoms with Gasteiger partial charge >= 0.3 is 0 Å². The van der Waals surface area contributed by atoms with Gasteiger partial charge in [-0.15, -0.1) is 0 Å². The molecular formula is C23H27ClF2. The highest BCUT2D eigenvalue weighted by Gasteiger charge is 2.20. The molecule has 26 heavy (non-hydrogen) atoms. The van der Waals surface area contributed by atoms with Crippen molar-refractivity contribution < 1.29 is 8.78 Å². The zero-order valence-corrected chi connectivity index (χ0v) is 16.2. The van der Waals surface area contributed by atoms with Crippen molar-refractivity contribution in [2.75, 3.05) is 0 Å². The fraction of sp³-hybridized carbons (Fsp3) is 0.478. The van der Waals surface area contributed by atoms with E-state index in [4.69, 9.17) is 11.6 Å². The van der Waals surface area contributed by atoms with Gasteiger partial charge < -0.3 is 0 Å². The summed E-state index contributed by atoms with van der Waals surface area (Å²) in [6.07, 6.45) is 10.0. The van der Waals surface area contributed by atoms with Gasteiger partial charge in [-0.25, -0.2) is 8.78 Å². The molecule has 0 amide bonds. The Kier molecular flexibility index (Phi) is 6.69. The van der Waals surface area contributed by atoms with Gasteiger partial charge in [0.15, 0.2) is 0 Å². The molecule has 2 aromatic rings. The lowest BCUT2D eigenvalue weighted by Gasteiger charge is -2.28. The molecule has 0 nitrogen and oxygen atoms in total. The van der Waals surface area contributed by atoms with Gasteiger partial charge in [-0.3, -0.25) is 0 Å². The number of rotatable bonds is 6. The van der Waals surface area contributed by atoms with Crippen molar-refractivity contribution in [3.05, 3.63) is 58.6 Å². The zero-order valence-electron chi connectivity index (χ0n) is 15.4. The molecule has 1 aliphatic rings. The van der Waals surface area contributed by atoms with Crippen molar-refractivity contribution in [2.24, 2.45) is 11.8 Å². The maximum Gasteiger partial charge on any atom is 0.142 e. The molecule has 0 bridgehead atoms. The first kappa shape index (κ1) is 19.4. The van der Waals surface area contributed by atoms with Crippen molar-refractivity contribution in [1.82, 2.24) is 0 Å². The molecule has 1 aliphatic carbocycles. The summed E-state index contributed by atoms with van der Waals surface area (Å²) in [5.74, 6) is 0.881. The van der Waals surface area contributed by atoms with Crippen LogP contribution in [-0.4, -0.2) is 0 Å². The molecule has 0 spiro atoms. The van der Waals surface area contributed by atoms with Crippen molar-refractivity contribution in [2.45, 2.75) is 58.3 Å². The average Bonchev–Trinajstić information content (AvgIpc) is 2.64. The Morgan fingerprint density at radius 2 is 1.58 bits per heavy atom. The van der Waals surface area contributed by atoms with E-state index in [1.54, 1.807) is 18.2 Å². The van der Waals surface area contributed by atoms with Gasteiger partial charge in [-0.2, -0.15) is 0 Å². The third-order valence-corrected chi connectivity index (χ3v) is 6.08. The summed E-state index contributed by atoms with van der Waals surface area (Å²) in [6, 6.07) is 9.73. The minimum atomic E-state index is -0.522. The summed E-state index contributed by atoms with van der Waals surface area (Å²) < 4.78 is 28.1. The first-order valence-electron chi connectivity index (χ1n) is 9.80. The summed E-state index contributed by atoms with van der Waals surface area (Å²) in [5.41, 5.74) is 1.96. The molecule has 3 heteroatoms. The van der Waals surface area contributed by atoms with Crippen LogP contribution in [0, 0.1) is 23.5 Å². The molecule has 0 unspecified atom stereocenters. The number of benzene rings is 2. The van der Waals surface area contributed by atoms with Crippen LogP contribution in [0.5, 0.6) is 0 Å². The normalized spacial score (nSPS) is 20.3. The van der Waals surface area contributed by atoms with Crippen molar-refractivity contribution in [1.29, 1.82) is 0 Å². The van der Waals surface area contributed by atoms with Gasteiger partial charge in [0, 0.05) is 5.56 Å². The molecule has 0 aromatic heterocycles. The molecular weight excluding hydrogens is 350 g/mol. The molecule has 0 saturated heterocycles. The van der Waals surface area contributed by atoms with E-state index in [-0.39, 0.29) is 10.8 Å². The minimum absolute atomic E-state index is 0.0550. The zero-order chi connectivity index (χ0) is 18.5. The second-order valence-electron chi connectivity index (χ2n) is 7.66. The van der Waals surface area contributed by atoms with Crippen LogP contribution in [0.2, 0.25) is 5.02 Å². The standard InChI is InChI=1S/C23H27ClF2/c1-2-3-16-4-6-17(7-5-16)8-9-18-10-12-20(22(25)14-18)19-11-13-21(24)23(26)15-19/h10-17H,2-9H2,1H3. The summed E-state index contributed by atoms with van der Waals surface area (Å²) in [4.78, 5) is 0. The molecule has 2 aromatic carbocycles. The van der Waals surface area contributed by atoms with E-state index in [0.717, 1.165) is 30.2 Å². The highest BCUT2D eigenvalue weighted by atomic mass is 35.5. The smallest absolute Gasteiger partial charge is 0.142 e. The summed E-state index contributed by atoms with van der Waals surface area (Å²) >= 11 is 5.71. The molecule has 0 radical (unpaired) electrons. The number of hydrogen-bond acceptors (Lipinski definition) is 0. The van der Waals surface area contributed by atoms with E-state index in [9.17, 15) is 8.78 Å². The average molecular weight is 377 g/mol. The Labute approximate surface area is 160 Å². The molecule has 0 heterocycles. The first-order chi connectivity index (χ1) is 12.6. The van der Waals surface area contributed by atoms with Gasteiger partial charge in [0.2, 0.25) is 0 Å². The number of aryl methyl sites for hydroxylation is 1. The second kappa shape index (κ2) is 8.99. The van der Waals surface area contributed by atoms with Crippen LogP contribution in [0.25, 0.3) is 11.1 Å². The fourth-order valence-corrected chi connectivity index (χ4v) is 4.32. The maximum atomic E-state index is 14.5. The number of halogens is 3. The second-order valence-corrected chi connectivity index (χ2v) is 8.06. The topological polar surface area (TPSA) is 0 Å². The van der Waals surface area contributed by atoms with Crippen LogP contribution < -0.4 is 0 Å². The SMILES string of the molecule is CCCC1CCC(CCc2ccc(-c3ccc(Cl)c(F)c3)c(F)c2)CC1. The van der Waals surface area contributed by atoms with Crippen LogP contribution in [0.3, 0.4) is 0 Å². The lowest BCUT2D eigenvalue weighted by atomic mass is 9.78. The van der Waals surface area contributed by atoms with E-state index < -0.39 is 5.82 Å². The Balaban J connectivity index is 1.59. The van der Waals surface area contributed by atoms with Crippen molar-refractivity contribution in [3.63, 3.8) is 0 Å². The maximum absolute atomic E-state index is 14.5. The van der Waals surface area contributed by atoms with E-state index in [2.05, 4.69) is 6.92 Å². The van der Waals surface area contributed by atoms with Gasteiger partial charge in [0.1, 0.15) is 11.6 Å². The summed E-state index contributed by atoms with van der Waals surface area (Å²) in [6.45, 7) is 2.27. The predicted octanol–water partition coefficient (Wildman–Crippen LogP) is 7.82. The van der Waals surface area contributed by atoms with Gasteiger partial charge in [-0.05, 0) is 54.0 Å². The van der Waals surface area contributed by atoms with E-state index in [1.165, 1.54) is 50.7 Å². The van der Waals surface area contributed by atoms with Crippen LogP contribution in [0.15, 0.2) is 36.4 Å². The van der Waals surface area contributed by atoms with Crippen LogP contribution in [-0.2, 0) is 6.42 Å². The Bertz CT molecular complexity index is 733.